The fourth-order valence-corrected chi connectivity index (χ4v) is 3.80. The number of hydrogen-bond acceptors (Lipinski definition) is 3. The van der Waals surface area contributed by atoms with Gasteiger partial charge in [-0.15, -0.1) is 0 Å². The van der Waals surface area contributed by atoms with E-state index in [1.54, 1.807) is 13.2 Å². The van der Waals surface area contributed by atoms with Crippen LogP contribution < -0.4 is 4.74 Å². The van der Waals surface area contributed by atoms with Gasteiger partial charge in [-0.1, -0.05) is 54.1 Å². The van der Waals surface area contributed by atoms with Gasteiger partial charge in [0.05, 0.1) is 24.8 Å². The molecule has 0 aliphatic heterocycles. The SMILES string of the molecule is COC(=O)c1cccc(Cn2c(-c3ccccc3)cc3cc(OC)ccc32)c1Cl. The summed E-state index contributed by atoms with van der Waals surface area (Å²) in [4.78, 5) is 12.0. The lowest BCUT2D eigenvalue weighted by Crippen LogP contribution is -2.07. The summed E-state index contributed by atoms with van der Waals surface area (Å²) in [6, 6.07) is 23.8. The van der Waals surface area contributed by atoms with E-state index in [1.807, 2.05) is 48.5 Å². The largest absolute Gasteiger partial charge is 0.497 e. The minimum Gasteiger partial charge on any atom is -0.497 e. The van der Waals surface area contributed by atoms with Crippen molar-refractivity contribution in [2.24, 2.45) is 0 Å². The molecule has 0 atom stereocenters. The Morgan fingerprint density at radius 1 is 0.966 bits per heavy atom. The van der Waals surface area contributed by atoms with Crippen molar-refractivity contribution >= 4 is 28.5 Å². The summed E-state index contributed by atoms with van der Waals surface area (Å²) in [5.41, 5.74) is 4.44. The third kappa shape index (κ3) is 3.59. The molecule has 4 rings (SSSR count). The summed E-state index contributed by atoms with van der Waals surface area (Å²) in [6.45, 7) is 0.518. The molecule has 0 unspecified atom stereocenters. The van der Waals surface area contributed by atoms with Gasteiger partial charge in [0.1, 0.15) is 5.75 Å². The highest BCUT2D eigenvalue weighted by Gasteiger charge is 2.17. The molecule has 3 aromatic carbocycles. The Kier molecular flexibility index (Phi) is 5.28. The second kappa shape index (κ2) is 8.02. The van der Waals surface area contributed by atoms with Gasteiger partial charge in [-0.25, -0.2) is 4.79 Å². The number of methoxy groups -OCH3 is 2. The molecule has 146 valence electrons. The lowest BCUT2D eigenvalue weighted by Gasteiger charge is -2.14. The number of fused-ring (bicyclic) bond motifs is 1. The van der Waals surface area contributed by atoms with Crippen LogP contribution >= 0.6 is 11.6 Å². The summed E-state index contributed by atoms with van der Waals surface area (Å²) < 4.78 is 12.4. The van der Waals surface area contributed by atoms with Crippen LogP contribution in [0.2, 0.25) is 5.02 Å². The smallest absolute Gasteiger partial charge is 0.339 e. The van der Waals surface area contributed by atoms with Gasteiger partial charge in [-0.05, 0) is 41.5 Å². The Bertz CT molecular complexity index is 1180. The fraction of sp³-hybridized carbons (Fsp3) is 0.125. The van der Waals surface area contributed by atoms with Gasteiger partial charge in [-0.3, -0.25) is 0 Å². The number of halogens is 1. The number of carbonyl (C=O) groups excluding carboxylic acids is 1. The van der Waals surface area contributed by atoms with Crippen molar-refractivity contribution in [2.45, 2.75) is 6.54 Å². The van der Waals surface area contributed by atoms with Crippen LogP contribution in [0, 0.1) is 0 Å². The molecule has 0 aliphatic rings. The van der Waals surface area contributed by atoms with Crippen molar-refractivity contribution in [1.29, 1.82) is 0 Å². The van der Waals surface area contributed by atoms with Crippen LogP contribution in [-0.4, -0.2) is 24.8 Å². The number of rotatable bonds is 5. The van der Waals surface area contributed by atoms with Crippen LogP contribution in [0.25, 0.3) is 22.2 Å². The third-order valence-corrected chi connectivity index (χ3v) is 5.44. The van der Waals surface area contributed by atoms with Gasteiger partial charge in [-0.2, -0.15) is 0 Å². The van der Waals surface area contributed by atoms with Crippen LogP contribution in [0.5, 0.6) is 5.75 Å². The van der Waals surface area contributed by atoms with Gasteiger partial charge in [0.2, 0.25) is 0 Å². The second-order valence-corrected chi connectivity index (χ2v) is 7.05. The molecule has 0 N–H and O–H groups in total. The quantitative estimate of drug-likeness (QED) is 0.393. The molecule has 1 heterocycles. The number of hydrogen-bond donors (Lipinski definition) is 0. The summed E-state index contributed by atoms with van der Waals surface area (Å²) in [6.07, 6.45) is 0. The molecular weight excluding hydrogens is 386 g/mol. The third-order valence-electron chi connectivity index (χ3n) is 4.99. The zero-order valence-electron chi connectivity index (χ0n) is 16.2. The Hall–Kier alpha value is -3.24. The standard InChI is InChI=1S/C24H20ClNO3/c1-28-19-11-12-21-18(13-19)14-22(16-7-4-3-5-8-16)26(21)15-17-9-6-10-20(23(17)25)24(27)29-2/h3-14H,15H2,1-2H3. The maximum Gasteiger partial charge on any atom is 0.339 e. The zero-order chi connectivity index (χ0) is 20.4. The average molecular weight is 406 g/mol. The second-order valence-electron chi connectivity index (χ2n) is 6.68. The van der Waals surface area contributed by atoms with Crippen LogP contribution in [0.4, 0.5) is 0 Å². The highest BCUT2D eigenvalue weighted by atomic mass is 35.5. The number of esters is 1. The van der Waals surface area contributed by atoms with E-state index < -0.39 is 5.97 Å². The van der Waals surface area contributed by atoms with Gasteiger partial charge in [0.25, 0.3) is 0 Å². The molecule has 0 spiro atoms. The molecule has 0 saturated heterocycles. The monoisotopic (exact) mass is 405 g/mol. The number of nitrogens with zero attached hydrogens (tertiary/aromatic N) is 1. The summed E-state index contributed by atoms with van der Waals surface area (Å²) in [7, 11) is 3.01. The molecule has 0 amide bonds. The van der Waals surface area contributed by atoms with E-state index in [-0.39, 0.29) is 0 Å². The first-order valence-electron chi connectivity index (χ1n) is 9.20. The molecule has 4 nitrogen and oxygen atoms in total. The van der Waals surface area contributed by atoms with Crippen molar-refractivity contribution in [1.82, 2.24) is 4.57 Å². The normalized spacial score (nSPS) is 10.9. The van der Waals surface area contributed by atoms with Crippen molar-refractivity contribution in [3.8, 4) is 17.0 Å². The van der Waals surface area contributed by atoms with Gasteiger partial charge in [0, 0.05) is 23.1 Å². The van der Waals surface area contributed by atoms with E-state index in [0.717, 1.165) is 33.5 Å². The molecular formula is C24H20ClNO3. The van der Waals surface area contributed by atoms with E-state index in [2.05, 4.69) is 22.8 Å². The summed E-state index contributed by atoms with van der Waals surface area (Å²) in [5.74, 6) is 0.363. The van der Waals surface area contributed by atoms with Crippen molar-refractivity contribution in [3.63, 3.8) is 0 Å². The Morgan fingerprint density at radius 3 is 2.48 bits per heavy atom. The number of benzene rings is 3. The molecule has 0 bridgehead atoms. The molecule has 0 saturated carbocycles. The molecule has 4 aromatic rings. The Morgan fingerprint density at radius 2 is 1.76 bits per heavy atom. The van der Waals surface area contributed by atoms with Gasteiger partial charge in [0.15, 0.2) is 0 Å². The Balaban J connectivity index is 1.88. The van der Waals surface area contributed by atoms with Gasteiger partial charge < -0.3 is 14.0 Å². The molecule has 29 heavy (non-hydrogen) atoms. The predicted molar refractivity (Wildman–Crippen MR) is 116 cm³/mol. The number of carbonyl (C=O) groups is 1. The molecule has 0 fully saturated rings. The molecule has 0 aliphatic carbocycles. The number of aromatic nitrogens is 1. The fourth-order valence-electron chi connectivity index (χ4n) is 3.53. The van der Waals surface area contributed by atoms with Crippen LogP contribution in [-0.2, 0) is 11.3 Å². The van der Waals surface area contributed by atoms with Crippen molar-refractivity contribution in [3.05, 3.63) is 88.9 Å². The van der Waals surface area contributed by atoms with Crippen LogP contribution in [0.1, 0.15) is 15.9 Å². The van der Waals surface area contributed by atoms with Crippen molar-refractivity contribution < 1.29 is 14.3 Å². The molecule has 0 radical (unpaired) electrons. The van der Waals surface area contributed by atoms with E-state index in [4.69, 9.17) is 21.1 Å². The topological polar surface area (TPSA) is 40.5 Å². The maximum absolute atomic E-state index is 12.0. The highest BCUT2D eigenvalue weighted by molar-refractivity contribution is 6.34. The lowest BCUT2D eigenvalue weighted by molar-refractivity contribution is 0.0601. The van der Waals surface area contributed by atoms with E-state index in [0.29, 0.717) is 17.1 Å². The average Bonchev–Trinajstić information content (AvgIpc) is 3.12. The first-order valence-corrected chi connectivity index (χ1v) is 9.58. The minimum absolute atomic E-state index is 0.367. The van der Waals surface area contributed by atoms with E-state index >= 15 is 0 Å². The van der Waals surface area contributed by atoms with Crippen LogP contribution in [0.3, 0.4) is 0 Å². The summed E-state index contributed by atoms with van der Waals surface area (Å²) in [5, 5.41) is 1.48. The Labute approximate surface area is 174 Å². The maximum atomic E-state index is 12.0. The minimum atomic E-state index is -0.442. The van der Waals surface area contributed by atoms with Crippen LogP contribution in [0.15, 0.2) is 72.8 Å². The van der Waals surface area contributed by atoms with Crippen molar-refractivity contribution in [2.75, 3.05) is 14.2 Å². The zero-order valence-corrected chi connectivity index (χ0v) is 16.9. The van der Waals surface area contributed by atoms with E-state index in [1.165, 1.54) is 7.11 Å². The molecule has 5 heteroatoms. The van der Waals surface area contributed by atoms with E-state index in [9.17, 15) is 4.79 Å². The lowest BCUT2D eigenvalue weighted by atomic mass is 10.1. The highest BCUT2D eigenvalue weighted by Crippen LogP contribution is 2.33. The first-order chi connectivity index (χ1) is 14.1. The first kappa shape index (κ1) is 19.1. The number of ether oxygens (including phenoxy) is 2. The summed E-state index contributed by atoms with van der Waals surface area (Å²) >= 11 is 6.56. The van der Waals surface area contributed by atoms with Gasteiger partial charge >= 0.3 is 5.97 Å². The predicted octanol–water partition coefficient (Wildman–Crippen LogP) is 5.81. The molecule has 1 aromatic heterocycles.